The summed E-state index contributed by atoms with van der Waals surface area (Å²) >= 11 is 0. The highest BCUT2D eigenvalue weighted by atomic mass is 16.1. The highest BCUT2D eigenvalue weighted by molar-refractivity contribution is 5.96. The van der Waals surface area contributed by atoms with Crippen LogP contribution in [0.1, 0.15) is 53.5 Å². The van der Waals surface area contributed by atoms with Crippen molar-refractivity contribution in [1.82, 2.24) is 10.3 Å². The van der Waals surface area contributed by atoms with Gasteiger partial charge in [-0.1, -0.05) is 12.1 Å². The van der Waals surface area contributed by atoms with Crippen LogP contribution in [-0.4, -0.2) is 16.4 Å². The first-order chi connectivity index (χ1) is 10.8. The lowest BCUT2D eigenvalue weighted by atomic mass is 9.95. The molecule has 0 fully saturated rings. The number of hydrogen-bond donors (Lipinski definition) is 1. The smallest absolute Gasteiger partial charge is 0.251 e. The highest BCUT2D eigenvalue weighted by Crippen LogP contribution is 2.19. The summed E-state index contributed by atoms with van der Waals surface area (Å²) in [4.78, 5) is 16.9. The van der Waals surface area contributed by atoms with Crippen LogP contribution < -0.4 is 5.32 Å². The van der Waals surface area contributed by atoms with E-state index in [2.05, 4.69) is 16.4 Å². The molecule has 0 saturated carbocycles. The van der Waals surface area contributed by atoms with Crippen molar-refractivity contribution < 1.29 is 4.79 Å². The van der Waals surface area contributed by atoms with Crippen molar-refractivity contribution in [1.29, 1.82) is 5.26 Å². The Balaban J connectivity index is 2.38. The Morgan fingerprint density at radius 2 is 2.04 bits per heavy atom. The zero-order chi connectivity index (χ0) is 17.0. The van der Waals surface area contributed by atoms with Crippen molar-refractivity contribution in [3.05, 3.63) is 64.5 Å². The zero-order valence-electron chi connectivity index (χ0n) is 14.0. The van der Waals surface area contributed by atoms with E-state index in [9.17, 15) is 4.79 Å². The molecule has 0 radical (unpaired) electrons. The lowest BCUT2D eigenvalue weighted by Gasteiger charge is -2.22. The molecular formula is C19H21N3O. The van der Waals surface area contributed by atoms with Crippen molar-refractivity contribution in [2.45, 2.75) is 39.7 Å². The summed E-state index contributed by atoms with van der Waals surface area (Å²) in [5, 5.41) is 12.0. The average Bonchev–Trinajstić information content (AvgIpc) is 2.47. The molecule has 1 amide bonds. The van der Waals surface area contributed by atoms with Crippen LogP contribution in [0.2, 0.25) is 0 Å². The van der Waals surface area contributed by atoms with Gasteiger partial charge < -0.3 is 5.32 Å². The Hall–Kier alpha value is -2.67. The molecule has 4 heteroatoms. The second-order valence-corrected chi connectivity index (χ2v) is 6.63. The first-order valence-corrected chi connectivity index (χ1v) is 7.56. The van der Waals surface area contributed by atoms with Crippen molar-refractivity contribution in [2.75, 3.05) is 0 Å². The molecule has 23 heavy (non-hydrogen) atoms. The Morgan fingerprint density at radius 3 is 2.70 bits per heavy atom. The lowest BCUT2D eigenvalue weighted by molar-refractivity contribution is 0.0918. The molecule has 0 aliphatic rings. The van der Waals surface area contributed by atoms with E-state index in [0.29, 0.717) is 17.5 Å². The van der Waals surface area contributed by atoms with Gasteiger partial charge in [0.05, 0.1) is 11.6 Å². The number of amides is 1. The molecule has 1 aromatic carbocycles. The maximum absolute atomic E-state index is 12.6. The molecular weight excluding hydrogens is 286 g/mol. The van der Waals surface area contributed by atoms with E-state index < -0.39 is 0 Å². The van der Waals surface area contributed by atoms with Crippen LogP contribution in [0.3, 0.4) is 0 Å². The monoisotopic (exact) mass is 307 g/mol. The van der Waals surface area contributed by atoms with E-state index >= 15 is 0 Å². The summed E-state index contributed by atoms with van der Waals surface area (Å²) < 4.78 is 0. The minimum absolute atomic E-state index is 0.0902. The standard InChI is InChI=1S/C19H21N3O/c1-13-6-5-7-16(18(23)22-19(2,3)4)17(13)11-15-10-14(12-20)8-9-21-15/h5-10H,11H2,1-4H3,(H,22,23). The van der Waals surface area contributed by atoms with Crippen LogP contribution in [0.4, 0.5) is 0 Å². The van der Waals surface area contributed by atoms with Gasteiger partial charge in [0.1, 0.15) is 0 Å². The Labute approximate surface area is 137 Å². The molecule has 0 atom stereocenters. The summed E-state index contributed by atoms with van der Waals surface area (Å²) in [5.74, 6) is -0.0902. The van der Waals surface area contributed by atoms with Gasteiger partial charge in [0.15, 0.2) is 0 Å². The van der Waals surface area contributed by atoms with Gasteiger partial charge in [-0.3, -0.25) is 9.78 Å². The zero-order valence-corrected chi connectivity index (χ0v) is 14.0. The van der Waals surface area contributed by atoms with Gasteiger partial charge in [0.2, 0.25) is 0 Å². The van der Waals surface area contributed by atoms with Gasteiger partial charge >= 0.3 is 0 Å². The first-order valence-electron chi connectivity index (χ1n) is 7.56. The Morgan fingerprint density at radius 1 is 1.30 bits per heavy atom. The predicted molar refractivity (Wildman–Crippen MR) is 90.2 cm³/mol. The van der Waals surface area contributed by atoms with Crippen LogP contribution >= 0.6 is 0 Å². The third-order valence-corrected chi connectivity index (χ3v) is 3.45. The number of carbonyl (C=O) groups excluding carboxylic acids is 1. The number of carbonyl (C=O) groups is 1. The van der Waals surface area contributed by atoms with E-state index in [1.54, 1.807) is 18.3 Å². The molecule has 4 nitrogen and oxygen atoms in total. The number of nitriles is 1. The van der Waals surface area contributed by atoms with Crippen molar-refractivity contribution >= 4 is 5.91 Å². The second-order valence-electron chi connectivity index (χ2n) is 6.63. The quantitative estimate of drug-likeness (QED) is 0.945. The average molecular weight is 307 g/mol. The highest BCUT2D eigenvalue weighted by Gasteiger charge is 2.19. The lowest BCUT2D eigenvalue weighted by Crippen LogP contribution is -2.41. The van der Waals surface area contributed by atoms with Gasteiger partial charge in [-0.05, 0) is 57.0 Å². The maximum Gasteiger partial charge on any atom is 0.251 e. The fourth-order valence-corrected chi connectivity index (χ4v) is 2.38. The van der Waals surface area contributed by atoms with Crippen LogP contribution in [0.25, 0.3) is 0 Å². The molecule has 0 unspecified atom stereocenters. The van der Waals surface area contributed by atoms with Crippen LogP contribution in [0.15, 0.2) is 36.5 Å². The van der Waals surface area contributed by atoms with E-state index in [-0.39, 0.29) is 11.4 Å². The largest absolute Gasteiger partial charge is 0.347 e. The van der Waals surface area contributed by atoms with Crippen molar-refractivity contribution in [3.63, 3.8) is 0 Å². The molecule has 0 bridgehead atoms. The number of aromatic nitrogens is 1. The topological polar surface area (TPSA) is 65.8 Å². The third kappa shape index (κ3) is 4.40. The van der Waals surface area contributed by atoms with E-state index in [1.807, 2.05) is 45.9 Å². The van der Waals surface area contributed by atoms with E-state index in [4.69, 9.17) is 5.26 Å². The molecule has 2 aromatic rings. The molecule has 2 rings (SSSR count). The first kappa shape index (κ1) is 16.7. The van der Waals surface area contributed by atoms with Gasteiger partial charge in [0.25, 0.3) is 5.91 Å². The number of nitrogens with zero attached hydrogens (tertiary/aromatic N) is 2. The predicted octanol–water partition coefficient (Wildman–Crippen LogP) is 3.38. The summed E-state index contributed by atoms with van der Waals surface area (Å²) in [6.07, 6.45) is 2.15. The minimum atomic E-state index is -0.295. The van der Waals surface area contributed by atoms with Gasteiger partial charge in [0, 0.05) is 29.4 Å². The Kier molecular flexibility index (Phi) is 4.80. The van der Waals surface area contributed by atoms with E-state index in [1.165, 1.54) is 0 Å². The molecule has 0 aliphatic heterocycles. The van der Waals surface area contributed by atoms with Crippen LogP contribution in [0, 0.1) is 18.3 Å². The molecule has 1 N–H and O–H groups in total. The fraction of sp³-hybridized carbons (Fsp3) is 0.316. The molecule has 1 aromatic heterocycles. The van der Waals surface area contributed by atoms with Gasteiger partial charge in [-0.2, -0.15) is 5.26 Å². The van der Waals surface area contributed by atoms with Gasteiger partial charge in [-0.25, -0.2) is 0 Å². The number of benzene rings is 1. The van der Waals surface area contributed by atoms with Crippen LogP contribution in [-0.2, 0) is 6.42 Å². The summed E-state index contributed by atoms with van der Waals surface area (Å²) in [6, 6.07) is 11.3. The SMILES string of the molecule is Cc1cccc(C(=O)NC(C)(C)C)c1Cc1cc(C#N)ccn1. The summed E-state index contributed by atoms with van der Waals surface area (Å²) in [5.41, 5.74) is 3.70. The molecule has 0 saturated heterocycles. The maximum atomic E-state index is 12.6. The molecule has 0 aliphatic carbocycles. The number of hydrogen-bond acceptors (Lipinski definition) is 3. The summed E-state index contributed by atoms with van der Waals surface area (Å²) in [6.45, 7) is 7.85. The molecule has 1 heterocycles. The van der Waals surface area contributed by atoms with Crippen LogP contribution in [0.5, 0.6) is 0 Å². The van der Waals surface area contributed by atoms with Crippen molar-refractivity contribution in [3.8, 4) is 6.07 Å². The second kappa shape index (κ2) is 6.62. The number of rotatable bonds is 3. The number of nitrogens with one attached hydrogen (secondary N) is 1. The molecule has 0 spiro atoms. The number of pyridine rings is 1. The third-order valence-electron chi connectivity index (χ3n) is 3.45. The summed E-state index contributed by atoms with van der Waals surface area (Å²) in [7, 11) is 0. The normalized spacial score (nSPS) is 10.9. The Bertz CT molecular complexity index is 767. The van der Waals surface area contributed by atoms with Gasteiger partial charge in [-0.15, -0.1) is 0 Å². The minimum Gasteiger partial charge on any atom is -0.347 e. The number of aryl methyl sites for hydroxylation is 1. The van der Waals surface area contributed by atoms with E-state index in [0.717, 1.165) is 16.8 Å². The fourth-order valence-electron chi connectivity index (χ4n) is 2.38. The van der Waals surface area contributed by atoms with Crippen molar-refractivity contribution in [2.24, 2.45) is 0 Å². The molecule has 118 valence electrons.